The summed E-state index contributed by atoms with van der Waals surface area (Å²) in [5, 5.41) is 0. The molecule has 0 amide bonds. The fraction of sp³-hybridized carbons (Fsp3) is 0.833. The molecule has 2 aliphatic rings. The molecule has 0 radical (unpaired) electrons. The van der Waals surface area contributed by atoms with Crippen molar-refractivity contribution in [1.29, 1.82) is 0 Å². The van der Waals surface area contributed by atoms with Gasteiger partial charge in [-0.1, -0.05) is 39.3 Å². The van der Waals surface area contributed by atoms with Crippen LogP contribution >= 0.6 is 0 Å². The van der Waals surface area contributed by atoms with Crippen LogP contribution in [0.5, 0.6) is 0 Å². The summed E-state index contributed by atoms with van der Waals surface area (Å²) in [5.74, 6) is 2.79. The van der Waals surface area contributed by atoms with Crippen molar-refractivity contribution in [2.45, 2.75) is 40.5 Å². The van der Waals surface area contributed by atoms with Crippen molar-refractivity contribution in [2.75, 3.05) is 0 Å². The second-order valence-corrected chi connectivity index (χ2v) is 5.15. The maximum Gasteiger partial charge on any atom is -0.0110 e. The minimum Gasteiger partial charge on any atom is -0.0844 e. The molecule has 0 N–H and O–H groups in total. The minimum atomic E-state index is 0.646. The summed E-state index contributed by atoms with van der Waals surface area (Å²) >= 11 is 0. The molecule has 0 aromatic rings. The van der Waals surface area contributed by atoms with Gasteiger partial charge in [0.15, 0.2) is 0 Å². The maximum atomic E-state index is 2.51. The molecule has 0 heterocycles. The Morgan fingerprint density at radius 1 is 1.58 bits per heavy atom. The van der Waals surface area contributed by atoms with Crippen molar-refractivity contribution in [3.63, 3.8) is 0 Å². The second kappa shape index (κ2) is 2.37. The van der Waals surface area contributed by atoms with E-state index in [1.807, 2.05) is 0 Å². The highest BCUT2D eigenvalue weighted by Crippen LogP contribution is 2.68. The van der Waals surface area contributed by atoms with Crippen molar-refractivity contribution in [3.05, 3.63) is 11.6 Å². The van der Waals surface area contributed by atoms with Gasteiger partial charge in [-0.3, -0.25) is 0 Å². The molecule has 0 aliphatic heterocycles. The molecule has 0 aromatic carbocycles. The minimum absolute atomic E-state index is 0.646. The van der Waals surface area contributed by atoms with Gasteiger partial charge in [-0.25, -0.2) is 0 Å². The summed E-state index contributed by atoms with van der Waals surface area (Å²) in [6, 6.07) is 0. The van der Waals surface area contributed by atoms with Gasteiger partial charge in [0.05, 0.1) is 0 Å². The van der Waals surface area contributed by atoms with Crippen molar-refractivity contribution in [2.24, 2.45) is 23.2 Å². The molecule has 3 atom stereocenters. The largest absolute Gasteiger partial charge is 0.0844 e. The van der Waals surface area contributed by atoms with E-state index in [-0.39, 0.29) is 0 Å². The molecular weight excluding hydrogens is 144 g/mol. The van der Waals surface area contributed by atoms with Gasteiger partial charge in [0, 0.05) is 0 Å². The lowest BCUT2D eigenvalue weighted by atomic mass is 9.91. The summed E-state index contributed by atoms with van der Waals surface area (Å²) in [5.41, 5.74) is 2.42. The zero-order valence-corrected chi connectivity index (χ0v) is 8.72. The number of rotatable bonds is 2. The van der Waals surface area contributed by atoms with E-state index >= 15 is 0 Å². The second-order valence-electron chi connectivity index (χ2n) is 5.15. The molecule has 1 fully saturated rings. The van der Waals surface area contributed by atoms with Gasteiger partial charge in [0.25, 0.3) is 0 Å². The Bertz CT molecular complexity index is 222. The van der Waals surface area contributed by atoms with E-state index in [1.54, 1.807) is 5.57 Å². The molecule has 0 saturated heterocycles. The molecule has 0 spiro atoms. The molecule has 68 valence electrons. The number of hydrogen-bond acceptors (Lipinski definition) is 0. The van der Waals surface area contributed by atoms with E-state index in [1.165, 1.54) is 12.8 Å². The molecule has 0 bridgehead atoms. The Hall–Kier alpha value is -0.260. The highest BCUT2D eigenvalue weighted by atomic mass is 14.6. The third-order valence-electron chi connectivity index (χ3n) is 4.20. The Morgan fingerprint density at radius 2 is 2.25 bits per heavy atom. The summed E-state index contributed by atoms with van der Waals surface area (Å²) in [6.45, 7) is 9.53. The molecule has 0 unspecified atom stereocenters. The zero-order valence-electron chi connectivity index (χ0n) is 8.72. The summed E-state index contributed by atoms with van der Waals surface area (Å²) in [6.07, 6.45) is 5.18. The van der Waals surface area contributed by atoms with E-state index < -0.39 is 0 Å². The van der Waals surface area contributed by atoms with E-state index in [0.29, 0.717) is 5.41 Å². The third kappa shape index (κ3) is 0.901. The van der Waals surface area contributed by atoms with E-state index in [0.717, 1.165) is 17.8 Å². The number of fused-ring (bicyclic) bond motifs is 1. The van der Waals surface area contributed by atoms with Gasteiger partial charge in [-0.05, 0) is 36.0 Å². The molecule has 0 aromatic heterocycles. The van der Waals surface area contributed by atoms with Crippen LogP contribution in [-0.2, 0) is 0 Å². The Labute approximate surface area is 76.1 Å². The molecular formula is C12H20. The summed E-state index contributed by atoms with van der Waals surface area (Å²) in [7, 11) is 0. The van der Waals surface area contributed by atoms with Gasteiger partial charge >= 0.3 is 0 Å². The first-order chi connectivity index (χ1) is 5.59. The van der Waals surface area contributed by atoms with Gasteiger partial charge in [-0.2, -0.15) is 0 Å². The first-order valence-corrected chi connectivity index (χ1v) is 5.29. The average molecular weight is 164 g/mol. The van der Waals surface area contributed by atoms with Crippen LogP contribution < -0.4 is 0 Å². The maximum absolute atomic E-state index is 2.51. The van der Waals surface area contributed by atoms with Gasteiger partial charge < -0.3 is 0 Å². The average Bonchev–Trinajstić information content (AvgIpc) is 2.52. The predicted molar refractivity (Wildman–Crippen MR) is 52.9 cm³/mol. The number of hydrogen-bond donors (Lipinski definition) is 0. The molecule has 2 aliphatic carbocycles. The highest BCUT2D eigenvalue weighted by Gasteiger charge is 2.60. The third-order valence-corrected chi connectivity index (χ3v) is 4.20. The Balaban J connectivity index is 2.11. The van der Waals surface area contributed by atoms with Crippen LogP contribution in [0, 0.1) is 23.2 Å². The predicted octanol–water partition coefficient (Wildman–Crippen LogP) is 3.63. The first-order valence-electron chi connectivity index (χ1n) is 5.29. The molecule has 2 rings (SSSR count). The summed E-state index contributed by atoms with van der Waals surface area (Å²) < 4.78 is 0. The standard InChI is InChI=1S/C12H20/c1-5-8(2)9-6-7-10-11(9)12(10,3)4/h6,8,10-11H,5,7H2,1-4H3/t8-,10-,11+/m1/s1. The van der Waals surface area contributed by atoms with Crippen LogP contribution in [0.15, 0.2) is 11.6 Å². The molecule has 12 heavy (non-hydrogen) atoms. The lowest BCUT2D eigenvalue weighted by molar-refractivity contribution is 0.511. The van der Waals surface area contributed by atoms with Crippen molar-refractivity contribution >= 4 is 0 Å². The van der Waals surface area contributed by atoms with Crippen LogP contribution in [-0.4, -0.2) is 0 Å². The first kappa shape index (κ1) is 8.34. The topological polar surface area (TPSA) is 0 Å². The van der Waals surface area contributed by atoms with Crippen molar-refractivity contribution in [1.82, 2.24) is 0 Å². The smallest absolute Gasteiger partial charge is 0.0110 e. The van der Waals surface area contributed by atoms with Crippen molar-refractivity contribution in [3.8, 4) is 0 Å². The lowest BCUT2D eigenvalue weighted by Gasteiger charge is -2.15. The molecule has 1 saturated carbocycles. The number of allylic oxidation sites excluding steroid dienone is 2. The van der Waals surface area contributed by atoms with Crippen LogP contribution in [0.2, 0.25) is 0 Å². The normalized spacial score (nSPS) is 38.8. The SMILES string of the molecule is CC[C@@H](C)C1=CC[C@@H]2[C@H]1C2(C)C. The molecule has 0 nitrogen and oxygen atoms in total. The quantitative estimate of drug-likeness (QED) is 0.547. The monoisotopic (exact) mass is 164 g/mol. The van der Waals surface area contributed by atoms with E-state index in [9.17, 15) is 0 Å². The van der Waals surface area contributed by atoms with Crippen molar-refractivity contribution < 1.29 is 0 Å². The van der Waals surface area contributed by atoms with Crippen LogP contribution in [0.4, 0.5) is 0 Å². The van der Waals surface area contributed by atoms with E-state index in [4.69, 9.17) is 0 Å². The zero-order chi connectivity index (χ0) is 8.93. The van der Waals surface area contributed by atoms with Gasteiger partial charge in [0.2, 0.25) is 0 Å². The Morgan fingerprint density at radius 3 is 2.67 bits per heavy atom. The van der Waals surface area contributed by atoms with Gasteiger partial charge in [-0.15, -0.1) is 0 Å². The fourth-order valence-corrected chi connectivity index (χ4v) is 2.98. The highest BCUT2D eigenvalue weighted by molar-refractivity contribution is 5.31. The van der Waals surface area contributed by atoms with Gasteiger partial charge in [0.1, 0.15) is 0 Å². The van der Waals surface area contributed by atoms with Crippen LogP contribution in [0.25, 0.3) is 0 Å². The van der Waals surface area contributed by atoms with Crippen LogP contribution in [0.3, 0.4) is 0 Å². The van der Waals surface area contributed by atoms with Crippen LogP contribution in [0.1, 0.15) is 40.5 Å². The molecule has 0 heteroatoms. The Kier molecular flexibility index (Phi) is 1.65. The lowest BCUT2D eigenvalue weighted by Crippen LogP contribution is -2.03. The van der Waals surface area contributed by atoms with E-state index in [2.05, 4.69) is 33.8 Å². The fourth-order valence-electron chi connectivity index (χ4n) is 2.98. The summed E-state index contributed by atoms with van der Waals surface area (Å²) in [4.78, 5) is 0.